The van der Waals surface area contributed by atoms with Crippen molar-refractivity contribution in [1.29, 1.82) is 0 Å². The second kappa shape index (κ2) is 7.99. The van der Waals surface area contributed by atoms with Gasteiger partial charge in [-0.2, -0.15) is 0 Å². The lowest BCUT2D eigenvalue weighted by Gasteiger charge is -2.29. The van der Waals surface area contributed by atoms with Gasteiger partial charge in [-0.15, -0.1) is 0 Å². The molecule has 1 unspecified atom stereocenters. The summed E-state index contributed by atoms with van der Waals surface area (Å²) in [5, 5.41) is 13.8. The third-order valence-corrected chi connectivity index (χ3v) is 4.37. The minimum atomic E-state index is -0.0791. The molecule has 1 saturated heterocycles. The van der Waals surface area contributed by atoms with Crippen molar-refractivity contribution in [3.63, 3.8) is 0 Å². The Labute approximate surface area is 126 Å². The standard InChI is InChI=1S/C16H25ClN2O/c1-13(15-5-2-3-6-16(15)17)18-9-4-10-19-11-7-14(20)8-12-19/h2-3,5-6,13-14,18,20H,4,7-12H2,1H3. The molecule has 4 heteroatoms. The molecule has 1 aliphatic heterocycles. The Hall–Kier alpha value is -0.610. The Morgan fingerprint density at radius 2 is 2.05 bits per heavy atom. The van der Waals surface area contributed by atoms with Crippen LogP contribution in [0.15, 0.2) is 24.3 Å². The first kappa shape index (κ1) is 15.8. The van der Waals surface area contributed by atoms with E-state index in [9.17, 15) is 5.11 Å². The number of hydrogen-bond donors (Lipinski definition) is 2. The summed E-state index contributed by atoms with van der Waals surface area (Å²) in [5.41, 5.74) is 1.16. The molecule has 1 heterocycles. The van der Waals surface area contributed by atoms with E-state index in [4.69, 9.17) is 11.6 Å². The van der Waals surface area contributed by atoms with Gasteiger partial charge in [0.1, 0.15) is 0 Å². The van der Waals surface area contributed by atoms with Gasteiger partial charge in [0, 0.05) is 24.2 Å². The van der Waals surface area contributed by atoms with Crippen LogP contribution in [-0.4, -0.2) is 42.3 Å². The fourth-order valence-corrected chi connectivity index (χ4v) is 3.00. The van der Waals surface area contributed by atoms with Crippen molar-refractivity contribution in [2.24, 2.45) is 0 Å². The van der Waals surface area contributed by atoms with Gasteiger partial charge < -0.3 is 15.3 Å². The molecule has 0 radical (unpaired) electrons. The predicted molar refractivity (Wildman–Crippen MR) is 84.2 cm³/mol. The van der Waals surface area contributed by atoms with Crippen molar-refractivity contribution in [1.82, 2.24) is 10.2 Å². The number of nitrogens with one attached hydrogen (secondary N) is 1. The molecule has 1 atom stereocenters. The molecule has 0 aliphatic carbocycles. The minimum absolute atomic E-state index is 0.0791. The highest BCUT2D eigenvalue weighted by molar-refractivity contribution is 6.31. The zero-order valence-electron chi connectivity index (χ0n) is 12.2. The Morgan fingerprint density at radius 1 is 1.35 bits per heavy atom. The number of likely N-dealkylation sites (tertiary alicyclic amines) is 1. The third kappa shape index (κ3) is 4.74. The number of aliphatic hydroxyl groups is 1. The lowest BCUT2D eigenvalue weighted by Crippen LogP contribution is -2.37. The van der Waals surface area contributed by atoms with Crippen LogP contribution >= 0.6 is 11.6 Å². The quantitative estimate of drug-likeness (QED) is 0.793. The van der Waals surface area contributed by atoms with Crippen LogP contribution in [0.5, 0.6) is 0 Å². The van der Waals surface area contributed by atoms with Gasteiger partial charge in [-0.05, 0) is 50.9 Å². The molecule has 112 valence electrons. The zero-order chi connectivity index (χ0) is 14.4. The highest BCUT2D eigenvalue weighted by Gasteiger charge is 2.16. The molecule has 2 rings (SSSR count). The largest absolute Gasteiger partial charge is 0.393 e. The van der Waals surface area contributed by atoms with Crippen molar-refractivity contribution < 1.29 is 5.11 Å². The number of benzene rings is 1. The second-order valence-electron chi connectivity index (χ2n) is 5.62. The van der Waals surface area contributed by atoms with Gasteiger partial charge in [0.25, 0.3) is 0 Å². The molecule has 1 aromatic carbocycles. The summed E-state index contributed by atoms with van der Waals surface area (Å²) in [5.74, 6) is 0. The van der Waals surface area contributed by atoms with Crippen LogP contribution in [0.1, 0.15) is 37.8 Å². The van der Waals surface area contributed by atoms with Gasteiger partial charge >= 0.3 is 0 Å². The molecular weight excluding hydrogens is 272 g/mol. The molecule has 3 nitrogen and oxygen atoms in total. The number of nitrogens with zero attached hydrogens (tertiary/aromatic N) is 1. The smallest absolute Gasteiger partial charge is 0.0564 e. The van der Waals surface area contributed by atoms with E-state index in [1.54, 1.807) is 0 Å². The average Bonchev–Trinajstić information content (AvgIpc) is 2.46. The lowest BCUT2D eigenvalue weighted by molar-refractivity contribution is 0.0820. The summed E-state index contributed by atoms with van der Waals surface area (Å²) in [4.78, 5) is 2.44. The normalized spacial score (nSPS) is 19.1. The summed E-state index contributed by atoms with van der Waals surface area (Å²) in [6.07, 6.45) is 2.89. The third-order valence-electron chi connectivity index (χ3n) is 4.03. The van der Waals surface area contributed by atoms with E-state index in [2.05, 4.69) is 23.2 Å². The van der Waals surface area contributed by atoms with Crippen LogP contribution in [-0.2, 0) is 0 Å². The Kier molecular flexibility index (Phi) is 6.30. The maximum absolute atomic E-state index is 9.47. The molecule has 0 saturated carbocycles. The number of aliphatic hydroxyl groups excluding tert-OH is 1. The summed E-state index contributed by atoms with van der Waals surface area (Å²) >= 11 is 6.20. The molecule has 0 amide bonds. The Bertz CT molecular complexity index is 405. The first-order valence-corrected chi connectivity index (χ1v) is 7.93. The zero-order valence-corrected chi connectivity index (χ0v) is 12.9. The van der Waals surface area contributed by atoms with E-state index in [0.717, 1.165) is 56.0 Å². The van der Waals surface area contributed by atoms with Crippen molar-refractivity contribution in [2.75, 3.05) is 26.2 Å². The van der Waals surface area contributed by atoms with Gasteiger partial charge in [0.2, 0.25) is 0 Å². The highest BCUT2D eigenvalue weighted by atomic mass is 35.5. The predicted octanol–water partition coefficient (Wildman–Crippen LogP) is 2.84. The average molecular weight is 297 g/mol. The molecule has 1 aliphatic rings. The Balaban J connectivity index is 1.65. The molecule has 2 N–H and O–H groups in total. The van der Waals surface area contributed by atoms with Crippen molar-refractivity contribution in [2.45, 2.75) is 38.3 Å². The maximum atomic E-state index is 9.47. The summed E-state index contributed by atoms with van der Waals surface area (Å²) in [6, 6.07) is 8.29. The van der Waals surface area contributed by atoms with Crippen LogP contribution in [0.25, 0.3) is 0 Å². The van der Waals surface area contributed by atoms with Gasteiger partial charge in [0.15, 0.2) is 0 Å². The van der Waals surface area contributed by atoms with E-state index in [0.29, 0.717) is 0 Å². The van der Waals surface area contributed by atoms with Crippen molar-refractivity contribution >= 4 is 11.6 Å². The summed E-state index contributed by atoms with van der Waals surface area (Å²) in [7, 11) is 0. The number of rotatable bonds is 6. The van der Waals surface area contributed by atoms with E-state index in [1.807, 2.05) is 18.2 Å². The lowest BCUT2D eigenvalue weighted by atomic mass is 10.1. The fraction of sp³-hybridized carbons (Fsp3) is 0.625. The Morgan fingerprint density at radius 3 is 2.75 bits per heavy atom. The molecule has 0 bridgehead atoms. The van der Waals surface area contributed by atoms with Gasteiger partial charge in [-0.3, -0.25) is 0 Å². The number of piperidine rings is 1. The minimum Gasteiger partial charge on any atom is -0.393 e. The van der Waals surface area contributed by atoms with Crippen LogP contribution in [0.4, 0.5) is 0 Å². The van der Waals surface area contributed by atoms with Gasteiger partial charge in [-0.25, -0.2) is 0 Å². The number of hydrogen-bond acceptors (Lipinski definition) is 3. The van der Waals surface area contributed by atoms with Crippen LogP contribution in [0.2, 0.25) is 5.02 Å². The second-order valence-corrected chi connectivity index (χ2v) is 6.03. The first-order valence-electron chi connectivity index (χ1n) is 7.55. The van der Waals surface area contributed by atoms with Gasteiger partial charge in [-0.1, -0.05) is 29.8 Å². The molecular formula is C16H25ClN2O. The van der Waals surface area contributed by atoms with Gasteiger partial charge in [0.05, 0.1) is 6.10 Å². The van der Waals surface area contributed by atoms with E-state index in [1.165, 1.54) is 0 Å². The van der Waals surface area contributed by atoms with E-state index >= 15 is 0 Å². The van der Waals surface area contributed by atoms with Crippen LogP contribution in [0, 0.1) is 0 Å². The van der Waals surface area contributed by atoms with Crippen LogP contribution < -0.4 is 5.32 Å². The van der Waals surface area contributed by atoms with E-state index < -0.39 is 0 Å². The summed E-state index contributed by atoms with van der Waals surface area (Å²) < 4.78 is 0. The molecule has 20 heavy (non-hydrogen) atoms. The van der Waals surface area contributed by atoms with Crippen molar-refractivity contribution in [3.8, 4) is 0 Å². The maximum Gasteiger partial charge on any atom is 0.0564 e. The SMILES string of the molecule is CC(NCCCN1CCC(O)CC1)c1ccccc1Cl. The fourth-order valence-electron chi connectivity index (χ4n) is 2.70. The monoisotopic (exact) mass is 296 g/mol. The topological polar surface area (TPSA) is 35.5 Å². The molecule has 1 fully saturated rings. The van der Waals surface area contributed by atoms with Crippen LogP contribution in [0.3, 0.4) is 0 Å². The van der Waals surface area contributed by atoms with E-state index in [-0.39, 0.29) is 12.1 Å². The number of halogens is 1. The first-order chi connectivity index (χ1) is 9.66. The summed E-state index contributed by atoms with van der Waals surface area (Å²) in [6.45, 7) is 6.31. The molecule has 0 spiro atoms. The molecule has 0 aromatic heterocycles. The molecule has 1 aromatic rings. The van der Waals surface area contributed by atoms with Crippen molar-refractivity contribution in [3.05, 3.63) is 34.9 Å². The highest BCUT2D eigenvalue weighted by Crippen LogP contribution is 2.21.